The molecule has 0 spiro atoms. The van der Waals surface area contributed by atoms with Crippen LogP contribution >= 0.6 is 0 Å². The van der Waals surface area contributed by atoms with Crippen LogP contribution in [0.2, 0.25) is 0 Å². The first-order valence-electron chi connectivity index (χ1n) is 10.3. The maximum atomic E-state index is 12.8. The highest BCUT2D eigenvalue weighted by molar-refractivity contribution is 5.98. The minimum atomic E-state index is -0.125. The van der Waals surface area contributed by atoms with E-state index in [1.54, 1.807) is 6.33 Å². The topological polar surface area (TPSA) is 68.5 Å². The van der Waals surface area contributed by atoms with Gasteiger partial charge < -0.3 is 10.1 Å². The van der Waals surface area contributed by atoms with Gasteiger partial charge in [0.1, 0.15) is 6.33 Å². The molecule has 0 unspecified atom stereocenters. The molecular weight excluding hydrogens is 340 g/mol. The maximum absolute atomic E-state index is 12.8. The van der Waals surface area contributed by atoms with Crippen molar-refractivity contribution in [3.63, 3.8) is 0 Å². The lowest BCUT2D eigenvalue weighted by Crippen LogP contribution is -2.43. The van der Waals surface area contributed by atoms with Crippen LogP contribution < -0.4 is 5.32 Å². The first-order valence-corrected chi connectivity index (χ1v) is 10.3. The molecule has 0 bridgehead atoms. The molecule has 1 fully saturated rings. The molecule has 6 heteroatoms. The van der Waals surface area contributed by atoms with Gasteiger partial charge in [0, 0.05) is 24.0 Å². The fraction of sp³-hybridized carbons (Fsp3) is 0.667. The van der Waals surface area contributed by atoms with Crippen LogP contribution in [0.4, 0.5) is 0 Å². The molecule has 0 radical (unpaired) electrons. The Balaban J connectivity index is 1.65. The Hall–Kier alpha value is -1.95. The summed E-state index contributed by atoms with van der Waals surface area (Å²) >= 11 is 0. The first kappa shape index (κ1) is 19.8. The van der Waals surface area contributed by atoms with E-state index in [0.717, 1.165) is 56.5 Å². The van der Waals surface area contributed by atoms with Crippen LogP contribution in [-0.4, -0.2) is 39.0 Å². The molecule has 0 saturated heterocycles. The minimum Gasteiger partial charge on any atom is -0.378 e. The number of hydrogen-bond donors (Lipinski definition) is 1. The van der Waals surface area contributed by atoms with Crippen LogP contribution in [0.3, 0.4) is 0 Å². The van der Waals surface area contributed by atoms with Crippen molar-refractivity contribution in [1.82, 2.24) is 19.7 Å². The zero-order valence-corrected chi connectivity index (χ0v) is 17.0. The quantitative estimate of drug-likeness (QED) is 0.750. The highest BCUT2D eigenvalue weighted by atomic mass is 16.5. The number of ether oxygens (including phenoxy) is 1. The Labute approximate surface area is 161 Å². The summed E-state index contributed by atoms with van der Waals surface area (Å²) in [5, 5.41) is 3.19. The van der Waals surface area contributed by atoms with Gasteiger partial charge in [-0.2, -0.15) is 0 Å². The smallest absolute Gasteiger partial charge is 0.274 e. The number of fused-ring (bicyclic) bond motifs is 1. The number of carbonyl (C=O) groups is 1. The van der Waals surface area contributed by atoms with Crippen molar-refractivity contribution in [2.24, 2.45) is 5.92 Å². The second kappa shape index (κ2) is 8.83. The van der Waals surface area contributed by atoms with Gasteiger partial charge in [0.15, 0.2) is 11.3 Å². The average molecular weight is 373 g/mol. The SMILES string of the molecule is CCCCO[C@H]1CC[C@@H](NC(=O)c2ncn3c(C)cc(C)nc23)C[C@@H]1CC. The number of nitrogens with zero attached hydrogens (tertiary/aromatic N) is 3. The zero-order chi connectivity index (χ0) is 19.4. The van der Waals surface area contributed by atoms with Crippen LogP contribution in [0, 0.1) is 19.8 Å². The van der Waals surface area contributed by atoms with Crippen molar-refractivity contribution in [3.8, 4) is 0 Å². The van der Waals surface area contributed by atoms with E-state index in [0.29, 0.717) is 23.4 Å². The summed E-state index contributed by atoms with van der Waals surface area (Å²) in [7, 11) is 0. The lowest BCUT2D eigenvalue weighted by Gasteiger charge is -2.36. The Morgan fingerprint density at radius 2 is 2.15 bits per heavy atom. The number of hydrogen-bond acceptors (Lipinski definition) is 4. The summed E-state index contributed by atoms with van der Waals surface area (Å²) < 4.78 is 7.97. The van der Waals surface area contributed by atoms with Gasteiger partial charge in [-0.3, -0.25) is 9.20 Å². The van der Waals surface area contributed by atoms with Crippen LogP contribution in [0.5, 0.6) is 0 Å². The summed E-state index contributed by atoms with van der Waals surface area (Å²) in [5.41, 5.74) is 2.97. The lowest BCUT2D eigenvalue weighted by molar-refractivity contribution is -0.0194. The van der Waals surface area contributed by atoms with E-state index in [2.05, 4.69) is 29.1 Å². The fourth-order valence-electron chi connectivity index (χ4n) is 4.09. The van der Waals surface area contributed by atoms with E-state index >= 15 is 0 Å². The average Bonchev–Trinajstić information content (AvgIpc) is 3.07. The normalized spacial score (nSPS) is 22.9. The van der Waals surface area contributed by atoms with Gasteiger partial charge in [-0.15, -0.1) is 0 Å². The van der Waals surface area contributed by atoms with Gasteiger partial charge in [0.25, 0.3) is 5.91 Å². The molecule has 1 amide bonds. The van der Waals surface area contributed by atoms with Crippen LogP contribution in [0.25, 0.3) is 5.65 Å². The third kappa shape index (κ3) is 4.49. The predicted molar refractivity (Wildman–Crippen MR) is 106 cm³/mol. The summed E-state index contributed by atoms with van der Waals surface area (Å²) in [6.45, 7) is 9.18. The molecule has 1 aliphatic carbocycles. The van der Waals surface area contributed by atoms with Gasteiger partial charge in [0.05, 0.1) is 6.10 Å². The highest BCUT2D eigenvalue weighted by Crippen LogP contribution is 2.30. The Bertz CT molecular complexity index is 786. The molecule has 2 aromatic rings. The molecule has 2 aromatic heterocycles. The van der Waals surface area contributed by atoms with Crippen molar-refractivity contribution in [2.75, 3.05) is 6.61 Å². The monoisotopic (exact) mass is 372 g/mol. The van der Waals surface area contributed by atoms with Crippen molar-refractivity contribution in [3.05, 3.63) is 29.5 Å². The third-order valence-corrected chi connectivity index (χ3v) is 5.64. The van der Waals surface area contributed by atoms with Crippen LogP contribution in [0.15, 0.2) is 12.4 Å². The Morgan fingerprint density at radius 3 is 2.89 bits per heavy atom. The molecule has 3 atom stereocenters. The highest BCUT2D eigenvalue weighted by Gasteiger charge is 2.31. The molecule has 6 nitrogen and oxygen atoms in total. The number of aromatic nitrogens is 3. The minimum absolute atomic E-state index is 0.125. The summed E-state index contributed by atoms with van der Waals surface area (Å²) in [6, 6.07) is 2.17. The fourth-order valence-corrected chi connectivity index (χ4v) is 4.09. The van der Waals surface area contributed by atoms with Gasteiger partial charge in [0.2, 0.25) is 0 Å². The Kier molecular flexibility index (Phi) is 6.47. The first-order chi connectivity index (χ1) is 13.0. The number of imidazole rings is 1. The molecular formula is C21H32N4O2. The standard InChI is InChI=1S/C21H32N4O2/c1-5-7-10-27-18-9-8-17(12-16(18)6-2)24-21(26)19-20-23-14(3)11-15(4)25(20)13-22-19/h11,13,16-18H,5-10,12H2,1-4H3,(H,24,26)/t16-,17+,18-/m0/s1. The second-order valence-electron chi connectivity index (χ2n) is 7.74. The van der Waals surface area contributed by atoms with Crippen LogP contribution in [-0.2, 0) is 4.74 Å². The van der Waals surface area contributed by atoms with Crippen molar-refractivity contribution >= 4 is 11.6 Å². The van der Waals surface area contributed by atoms with Crippen molar-refractivity contribution in [2.45, 2.75) is 78.4 Å². The van der Waals surface area contributed by atoms with Gasteiger partial charge in [-0.25, -0.2) is 9.97 Å². The maximum Gasteiger partial charge on any atom is 0.274 e. The molecule has 0 aliphatic heterocycles. The molecule has 1 saturated carbocycles. The van der Waals surface area contributed by atoms with Gasteiger partial charge >= 0.3 is 0 Å². The molecule has 1 aliphatic rings. The largest absolute Gasteiger partial charge is 0.378 e. The van der Waals surface area contributed by atoms with Crippen LogP contribution in [0.1, 0.15) is 74.2 Å². The molecule has 27 heavy (non-hydrogen) atoms. The second-order valence-corrected chi connectivity index (χ2v) is 7.74. The number of carbonyl (C=O) groups excluding carboxylic acids is 1. The van der Waals surface area contributed by atoms with E-state index in [9.17, 15) is 4.79 Å². The van der Waals surface area contributed by atoms with Gasteiger partial charge in [-0.05, 0) is 51.5 Å². The summed E-state index contributed by atoms with van der Waals surface area (Å²) in [6.07, 6.45) is 8.30. The third-order valence-electron chi connectivity index (χ3n) is 5.64. The number of nitrogens with one attached hydrogen (secondary N) is 1. The summed E-state index contributed by atoms with van der Waals surface area (Å²) in [4.78, 5) is 21.7. The predicted octanol–water partition coefficient (Wildman–Crippen LogP) is 3.84. The van der Waals surface area contributed by atoms with E-state index in [4.69, 9.17) is 4.74 Å². The van der Waals surface area contributed by atoms with E-state index in [1.807, 2.05) is 24.3 Å². The molecule has 1 N–H and O–H groups in total. The number of aryl methyl sites for hydroxylation is 2. The molecule has 148 valence electrons. The number of unbranched alkanes of at least 4 members (excludes halogenated alkanes) is 1. The van der Waals surface area contributed by atoms with E-state index in [-0.39, 0.29) is 11.9 Å². The number of amides is 1. The van der Waals surface area contributed by atoms with Crippen molar-refractivity contribution < 1.29 is 9.53 Å². The number of rotatable bonds is 7. The molecule has 2 heterocycles. The van der Waals surface area contributed by atoms with Crippen molar-refractivity contribution in [1.29, 1.82) is 0 Å². The molecule has 0 aromatic carbocycles. The summed E-state index contributed by atoms with van der Waals surface area (Å²) in [5.74, 6) is 0.377. The zero-order valence-electron chi connectivity index (χ0n) is 17.0. The van der Waals surface area contributed by atoms with Gasteiger partial charge in [-0.1, -0.05) is 26.7 Å². The van der Waals surface area contributed by atoms with E-state index in [1.165, 1.54) is 0 Å². The Morgan fingerprint density at radius 1 is 1.33 bits per heavy atom. The van der Waals surface area contributed by atoms with E-state index < -0.39 is 0 Å². The molecule has 3 rings (SSSR count). The lowest BCUT2D eigenvalue weighted by atomic mass is 9.81.